The first-order valence-electron chi connectivity index (χ1n) is 8.86. The van der Waals surface area contributed by atoms with Crippen LogP contribution in [0.1, 0.15) is 58.6 Å². The van der Waals surface area contributed by atoms with Crippen molar-refractivity contribution in [2.45, 2.75) is 45.1 Å². The Morgan fingerprint density at radius 3 is 2.72 bits per heavy atom. The summed E-state index contributed by atoms with van der Waals surface area (Å²) in [5.74, 6) is -0.165. The third-order valence-corrected chi connectivity index (χ3v) is 5.50. The fourth-order valence-electron chi connectivity index (χ4n) is 3.20. The number of carbonyl (C=O) groups is 2. The second-order valence-corrected chi connectivity index (χ2v) is 7.46. The molecule has 132 valence electrons. The van der Waals surface area contributed by atoms with Gasteiger partial charge in [0.1, 0.15) is 0 Å². The normalized spacial score (nSPS) is 14.4. The molecule has 0 bridgehead atoms. The van der Waals surface area contributed by atoms with E-state index in [1.807, 2.05) is 18.4 Å². The van der Waals surface area contributed by atoms with Crippen LogP contribution in [0.15, 0.2) is 35.7 Å². The highest BCUT2D eigenvalue weighted by Crippen LogP contribution is 2.24. The first kappa shape index (κ1) is 17.7. The van der Waals surface area contributed by atoms with E-state index in [1.54, 1.807) is 6.07 Å². The van der Waals surface area contributed by atoms with E-state index in [4.69, 9.17) is 0 Å². The maximum atomic E-state index is 12.1. The zero-order valence-corrected chi connectivity index (χ0v) is 15.3. The van der Waals surface area contributed by atoms with E-state index in [2.05, 4.69) is 28.8 Å². The van der Waals surface area contributed by atoms with E-state index in [0.717, 1.165) is 12.0 Å². The minimum Gasteiger partial charge on any atom is -0.351 e. The second-order valence-electron chi connectivity index (χ2n) is 6.51. The second kappa shape index (κ2) is 8.30. The molecule has 2 aromatic rings. The van der Waals surface area contributed by atoms with Crippen LogP contribution in [0.25, 0.3) is 0 Å². The lowest BCUT2D eigenvalue weighted by molar-refractivity contribution is -0.121. The van der Waals surface area contributed by atoms with Gasteiger partial charge >= 0.3 is 0 Å². The smallest absolute Gasteiger partial charge is 0.261 e. The largest absolute Gasteiger partial charge is 0.351 e. The van der Waals surface area contributed by atoms with Crippen molar-refractivity contribution in [3.8, 4) is 0 Å². The van der Waals surface area contributed by atoms with Gasteiger partial charge in [-0.3, -0.25) is 9.59 Å². The third-order valence-electron chi connectivity index (χ3n) is 4.63. The highest BCUT2D eigenvalue weighted by atomic mass is 32.1. The minimum absolute atomic E-state index is 0.0206. The third kappa shape index (κ3) is 4.69. The standard InChI is InChI=1S/C20H24N2O2S/c1-14(16-9-8-15-5-2-3-6-17(15)13-16)22-19(23)10-11-21-20(24)18-7-4-12-25-18/h4,7-9,12-14H,2-3,5-6,10-11H2,1H3,(H,21,24)(H,22,23). The van der Waals surface area contributed by atoms with Crippen molar-refractivity contribution in [1.82, 2.24) is 10.6 Å². The number of amides is 2. The Labute approximate surface area is 152 Å². The quantitative estimate of drug-likeness (QED) is 0.830. The molecular formula is C20H24N2O2S. The number of benzene rings is 1. The van der Waals surface area contributed by atoms with Crippen molar-refractivity contribution >= 4 is 23.2 Å². The van der Waals surface area contributed by atoms with Crippen molar-refractivity contribution in [2.75, 3.05) is 6.54 Å². The van der Waals surface area contributed by atoms with E-state index in [-0.39, 0.29) is 24.3 Å². The number of aryl methyl sites for hydroxylation is 2. The number of rotatable bonds is 6. The van der Waals surface area contributed by atoms with Gasteiger partial charge in [0.25, 0.3) is 5.91 Å². The van der Waals surface area contributed by atoms with Gasteiger partial charge in [0.15, 0.2) is 0 Å². The lowest BCUT2D eigenvalue weighted by Gasteiger charge is -2.20. The molecule has 1 aliphatic rings. The Kier molecular flexibility index (Phi) is 5.87. The summed E-state index contributed by atoms with van der Waals surface area (Å²) in [6.07, 6.45) is 5.11. The molecular weight excluding hydrogens is 332 g/mol. The van der Waals surface area contributed by atoms with Crippen LogP contribution in [0.5, 0.6) is 0 Å². The van der Waals surface area contributed by atoms with E-state index < -0.39 is 0 Å². The summed E-state index contributed by atoms with van der Waals surface area (Å²) >= 11 is 1.40. The van der Waals surface area contributed by atoms with E-state index >= 15 is 0 Å². The van der Waals surface area contributed by atoms with Gasteiger partial charge in [0.2, 0.25) is 5.91 Å². The molecule has 4 nitrogen and oxygen atoms in total. The molecule has 0 saturated heterocycles. The van der Waals surface area contributed by atoms with Gasteiger partial charge in [0.05, 0.1) is 10.9 Å². The highest BCUT2D eigenvalue weighted by Gasteiger charge is 2.14. The molecule has 1 aromatic heterocycles. The Morgan fingerprint density at radius 1 is 1.16 bits per heavy atom. The van der Waals surface area contributed by atoms with Crippen LogP contribution < -0.4 is 10.6 Å². The van der Waals surface area contributed by atoms with Crippen LogP contribution in [0.4, 0.5) is 0 Å². The van der Waals surface area contributed by atoms with Crippen molar-refractivity contribution in [3.63, 3.8) is 0 Å². The molecule has 1 atom stereocenters. The molecule has 0 fully saturated rings. The van der Waals surface area contributed by atoms with E-state index in [0.29, 0.717) is 11.4 Å². The summed E-state index contributed by atoms with van der Waals surface area (Å²) in [4.78, 5) is 24.6. The summed E-state index contributed by atoms with van der Waals surface area (Å²) in [6.45, 7) is 2.35. The zero-order chi connectivity index (χ0) is 17.6. The van der Waals surface area contributed by atoms with Gasteiger partial charge in [-0.2, -0.15) is 0 Å². The Morgan fingerprint density at radius 2 is 1.96 bits per heavy atom. The molecule has 1 heterocycles. The van der Waals surface area contributed by atoms with E-state index in [1.165, 1.54) is 41.7 Å². The molecule has 2 amide bonds. The Hall–Kier alpha value is -2.14. The van der Waals surface area contributed by atoms with Gasteiger partial charge < -0.3 is 10.6 Å². The Bertz CT molecular complexity index is 740. The Balaban J connectivity index is 1.46. The average Bonchev–Trinajstić information content (AvgIpc) is 3.16. The molecule has 1 aromatic carbocycles. The van der Waals surface area contributed by atoms with Gasteiger partial charge in [-0.1, -0.05) is 24.3 Å². The number of fused-ring (bicyclic) bond motifs is 1. The van der Waals surface area contributed by atoms with E-state index in [9.17, 15) is 9.59 Å². The van der Waals surface area contributed by atoms with Crippen molar-refractivity contribution in [3.05, 3.63) is 57.3 Å². The fraction of sp³-hybridized carbons (Fsp3) is 0.400. The van der Waals surface area contributed by atoms with Crippen LogP contribution in [-0.2, 0) is 17.6 Å². The average molecular weight is 356 g/mol. The zero-order valence-electron chi connectivity index (χ0n) is 14.5. The van der Waals surface area contributed by atoms with Crippen molar-refractivity contribution in [2.24, 2.45) is 0 Å². The summed E-state index contributed by atoms with van der Waals surface area (Å²) in [5.41, 5.74) is 4.02. The fourth-order valence-corrected chi connectivity index (χ4v) is 3.84. The first-order valence-corrected chi connectivity index (χ1v) is 9.74. The van der Waals surface area contributed by atoms with Crippen molar-refractivity contribution in [1.29, 1.82) is 0 Å². The van der Waals surface area contributed by atoms with Crippen LogP contribution in [-0.4, -0.2) is 18.4 Å². The topological polar surface area (TPSA) is 58.2 Å². The predicted molar refractivity (Wildman–Crippen MR) is 101 cm³/mol. The number of thiophene rings is 1. The molecule has 0 radical (unpaired) electrons. The molecule has 1 unspecified atom stereocenters. The molecule has 0 spiro atoms. The maximum absolute atomic E-state index is 12.1. The first-order chi connectivity index (χ1) is 12.1. The minimum atomic E-state index is -0.120. The molecule has 25 heavy (non-hydrogen) atoms. The number of carbonyl (C=O) groups excluding carboxylic acids is 2. The van der Waals surface area contributed by atoms with Gasteiger partial charge in [-0.15, -0.1) is 11.3 Å². The molecule has 0 aliphatic heterocycles. The van der Waals surface area contributed by atoms with Crippen LogP contribution >= 0.6 is 11.3 Å². The van der Waals surface area contributed by atoms with Crippen LogP contribution in [0.3, 0.4) is 0 Å². The molecule has 2 N–H and O–H groups in total. The molecule has 3 rings (SSSR count). The van der Waals surface area contributed by atoms with Gasteiger partial charge in [-0.25, -0.2) is 0 Å². The monoisotopic (exact) mass is 356 g/mol. The van der Waals surface area contributed by atoms with Crippen LogP contribution in [0.2, 0.25) is 0 Å². The highest BCUT2D eigenvalue weighted by molar-refractivity contribution is 7.12. The summed E-state index contributed by atoms with van der Waals surface area (Å²) in [7, 11) is 0. The predicted octanol–water partition coefficient (Wildman–Crippen LogP) is 3.62. The maximum Gasteiger partial charge on any atom is 0.261 e. The molecule has 0 saturated carbocycles. The lowest BCUT2D eigenvalue weighted by Crippen LogP contribution is -2.31. The number of nitrogens with one attached hydrogen (secondary N) is 2. The van der Waals surface area contributed by atoms with Crippen LogP contribution in [0, 0.1) is 0 Å². The van der Waals surface area contributed by atoms with Gasteiger partial charge in [-0.05, 0) is 60.7 Å². The SMILES string of the molecule is CC(NC(=O)CCNC(=O)c1cccs1)c1ccc2c(c1)CCCC2. The number of hydrogen-bond acceptors (Lipinski definition) is 3. The summed E-state index contributed by atoms with van der Waals surface area (Å²) in [5, 5.41) is 7.67. The molecule has 1 aliphatic carbocycles. The lowest BCUT2D eigenvalue weighted by atomic mass is 9.89. The van der Waals surface area contributed by atoms with Crippen molar-refractivity contribution < 1.29 is 9.59 Å². The summed E-state index contributed by atoms with van der Waals surface area (Å²) < 4.78 is 0. The molecule has 5 heteroatoms. The summed E-state index contributed by atoms with van der Waals surface area (Å²) in [6, 6.07) is 10.2. The number of hydrogen-bond donors (Lipinski definition) is 2. The van der Waals surface area contributed by atoms with Gasteiger partial charge in [0, 0.05) is 13.0 Å².